The maximum absolute atomic E-state index is 12.3. The molecular formula is C16H14ClN5OS. The highest BCUT2D eigenvalue weighted by molar-refractivity contribution is 7.98. The Morgan fingerprint density at radius 2 is 2.08 bits per heavy atom. The quantitative estimate of drug-likeness (QED) is 0.540. The lowest BCUT2D eigenvalue weighted by Crippen LogP contribution is -2.24. The fourth-order valence-electron chi connectivity index (χ4n) is 2.09. The van der Waals surface area contributed by atoms with Crippen LogP contribution in [0.4, 0.5) is 0 Å². The maximum atomic E-state index is 12.3. The van der Waals surface area contributed by atoms with Crippen LogP contribution in [0.15, 0.2) is 47.9 Å². The van der Waals surface area contributed by atoms with Crippen LogP contribution < -0.4 is 5.32 Å². The molecule has 8 heteroatoms. The second-order valence-corrected chi connectivity index (χ2v) is 6.08. The number of H-pyrrole nitrogens is 1. The van der Waals surface area contributed by atoms with E-state index >= 15 is 0 Å². The lowest BCUT2D eigenvalue weighted by molar-refractivity contribution is 0.0945. The van der Waals surface area contributed by atoms with Gasteiger partial charge in [-0.1, -0.05) is 47.6 Å². The highest BCUT2D eigenvalue weighted by Gasteiger charge is 2.13. The third-order valence-corrected chi connectivity index (χ3v) is 4.18. The van der Waals surface area contributed by atoms with E-state index < -0.39 is 0 Å². The molecule has 0 atom stereocenters. The van der Waals surface area contributed by atoms with Crippen molar-refractivity contribution < 1.29 is 4.79 Å². The Balaban J connectivity index is 1.66. The lowest BCUT2D eigenvalue weighted by Gasteiger charge is -2.07. The van der Waals surface area contributed by atoms with Crippen LogP contribution in [-0.4, -0.2) is 32.3 Å². The Morgan fingerprint density at radius 3 is 2.75 bits per heavy atom. The van der Waals surface area contributed by atoms with Crippen molar-refractivity contribution >= 4 is 29.3 Å². The second kappa shape index (κ2) is 7.46. The van der Waals surface area contributed by atoms with E-state index in [1.165, 1.54) is 18.0 Å². The van der Waals surface area contributed by atoms with Crippen molar-refractivity contribution in [3.05, 3.63) is 59.0 Å². The van der Waals surface area contributed by atoms with E-state index in [0.717, 1.165) is 16.8 Å². The van der Waals surface area contributed by atoms with Gasteiger partial charge in [-0.25, -0.2) is 9.97 Å². The Morgan fingerprint density at radius 1 is 1.29 bits per heavy atom. The molecule has 3 aromatic rings. The van der Waals surface area contributed by atoms with Crippen LogP contribution in [0, 0.1) is 0 Å². The summed E-state index contributed by atoms with van der Waals surface area (Å²) in [6.45, 7) is 0.386. The third-order valence-electron chi connectivity index (χ3n) is 3.34. The van der Waals surface area contributed by atoms with Crippen LogP contribution in [0.2, 0.25) is 5.02 Å². The number of aromatic nitrogens is 4. The number of nitrogens with zero attached hydrogens (tertiary/aromatic N) is 3. The zero-order valence-corrected chi connectivity index (χ0v) is 14.4. The first-order chi connectivity index (χ1) is 11.7. The van der Waals surface area contributed by atoms with Gasteiger partial charge in [0.15, 0.2) is 10.9 Å². The summed E-state index contributed by atoms with van der Waals surface area (Å²) in [6.07, 6.45) is 4.98. The smallest absolute Gasteiger partial charge is 0.271 e. The molecule has 0 unspecified atom stereocenters. The highest BCUT2D eigenvalue weighted by atomic mass is 35.5. The number of hydrogen-bond donors (Lipinski definition) is 2. The van der Waals surface area contributed by atoms with E-state index in [1.807, 2.05) is 36.6 Å². The monoisotopic (exact) mass is 359 g/mol. The zero-order valence-electron chi connectivity index (χ0n) is 12.8. The predicted octanol–water partition coefficient (Wildman–Crippen LogP) is 3.17. The van der Waals surface area contributed by atoms with Gasteiger partial charge in [0.1, 0.15) is 0 Å². The molecule has 1 aromatic carbocycles. The normalized spacial score (nSPS) is 10.6. The summed E-state index contributed by atoms with van der Waals surface area (Å²) in [7, 11) is 0. The Hall–Kier alpha value is -2.38. The minimum atomic E-state index is -0.324. The molecule has 1 amide bonds. The maximum Gasteiger partial charge on any atom is 0.271 e. The predicted molar refractivity (Wildman–Crippen MR) is 94.0 cm³/mol. The Bertz CT molecular complexity index is 836. The number of hydrogen-bond acceptors (Lipinski definition) is 5. The first kappa shape index (κ1) is 16.5. The molecule has 0 saturated heterocycles. The molecule has 0 aliphatic carbocycles. The topological polar surface area (TPSA) is 83.6 Å². The molecule has 122 valence electrons. The third kappa shape index (κ3) is 3.74. The van der Waals surface area contributed by atoms with Crippen LogP contribution in [0.1, 0.15) is 16.1 Å². The van der Waals surface area contributed by atoms with Crippen molar-refractivity contribution in [2.45, 2.75) is 11.7 Å². The minimum absolute atomic E-state index is 0.185. The van der Waals surface area contributed by atoms with Gasteiger partial charge in [0.25, 0.3) is 5.91 Å². The molecule has 3 rings (SSSR count). The summed E-state index contributed by atoms with van der Waals surface area (Å²) in [5, 5.41) is 10.4. The van der Waals surface area contributed by atoms with Crippen molar-refractivity contribution in [1.29, 1.82) is 0 Å². The molecule has 2 heterocycles. The number of amides is 1. The average Bonchev–Trinajstić information content (AvgIpc) is 3.15. The van der Waals surface area contributed by atoms with Gasteiger partial charge in [-0.2, -0.15) is 5.10 Å². The molecule has 6 nitrogen and oxygen atoms in total. The summed E-state index contributed by atoms with van der Waals surface area (Å²) in [5.74, 6) is -0.324. The van der Waals surface area contributed by atoms with Gasteiger partial charge in [-0.3, -0.25) is 9.89 Å². The summed E-state index contributed by atoms with van der Waals surface area (Å²) in [5.41, 5.74) is 3.14. The zero-order chi connectivity index (χ0) is 16.9. The van der Waals surface area contributed by atoms with E-state index in [9.17, 15) is 4.79 Å². The number of nitrogens with one attached hydrogen (secondary N) is 2. The van der Waals surface area contributed by atoms with Gasteiger partial charge < -0.3 is 5.32 Å². The summed E-state index contributed by atoms with van der Waals surface area (Å²) >= 11 is 7.36. The Labute approximate surface area is 148 Å². The molecule has 2 N–H and O–H groups in total. The molecule has 24 heavy (non-hydrogen) atoms. The number of benzene rings is 1. The minimum Gasteiger partial charge on any atom is -0.347 e. The van der Waals surface area contributed by atoms with Crippen molar-refractivity contribution in [3.8, 4) is 11.3 Å². The van der Waals surface area contributed by atoms with E-state index in [-0.39, 0.29) is 16.6 Å². The van der Waals surface area contributed by atoms with Crippen molar-refractivity contribution in [2.24, 2.45) is 0 Å². The molecule has 2 aromatic heterocycles. The number of halogens is 1. The summed E-state index contributed by atoms with van der Waals surface area (Å²) in [6, 6.07) is 9.74. The van der Waals surface area contributed by atoms with Crippen LogP contribution >= 0.6 is 23.4 Å². The van der Waals surface area contributed by atoms with E-state index in [2.05, 4.69) is 25.5 Å². The van der Waals surface area contributed by atoms with E-state index in [4.69, 9.17) is 11.6 Å². The number of carbonyl (C=O) groups excluding carboxylic acids is 1. The van der Waals surface area contributed by atoms with Crippen LogP contribution in [0.5, 0.6) is 0 Å². The highest BCUT2D eigenvalue weighted by Crippen LogP contribution is 2.18. The molecule has 0 fully saturated rings. The van der Waals surface area contributed by atoms with E-state index in [1.54, 1.807) is 6.20 Å². The molecule has 0 radical (unpaired) electrons. The molecule has 0 bridgehead atoms. The number of rotatable bonds is 5. The van der Waals surface area contributed by atoms with Crippen LogP contribution in [0.25, 0.3) is 11.3 Å². The SMILES string of the molecule is CSc1ncc(Cl)c(C(=O)NCc2ccc(-c3ccn[nH]3)cc2)n1. The molecular weight excluding hydrogens is 346 g/mol. The fourth-order valence-corrected chi connectivity index (χ4v) is 2.61. The van der Waals surface area contributed by atoms with Gasteiger partial charge >= 0.3 is 0 Å². The molecule has 0 aliphatic rings. The van der Waals surface area contributed by atoms with Gasteiger partial charge in [-0.05, 0) is 23.4 Å². The fraction of sp³-hybridized carbons (Fsp3) is 0.125. The van der Waals surface area contributed by atoms with Gasteiger partial charge in [0.2, 0.25) is 0 Å². The molecule has 0 spiro atoms. The average molecular weight is 360 g/mol. The molecule has 0 aliphatic heterocycles. The lowest BCUT2D eigenvalue weighted by atomic mass is 10.1. The Kier molecular flexibility index (Phi) is 5.12. The van der Waals surface area contributed by atoms with Crippen LogP contribution in [-0.2, 0) is 6.54 Å². The molecule has 0 saturated carbocycles. The van der Waals surface area contributed by atoms with Crippen molar-refractivity contribution in [3.63, 3.8) is 0 Å². The first-order valence-electron chi connectivity index (χ1n) is 7.11. The van der Waals surface area contributed by atoms with Gasteiger partial charge in [0.05, 0.1) is 16.9 Å². The number of carbonyl (C=O) groups is 1. The number of aromatic amines is 1. The summed E-state index contributed by atoms with van der Waals surface area (Å²) < 4.78 is 0. The van der Waals surface area contributed by atoms with E-state index in [0.29, 0.717) is 11.7 Å². The first-order valence-corrected chi connectivity index (χ1v) is 8.71. The number of thioether (sulfide) groups is 1. The van der Waals surface area contributed by atoms with Crippen molar-refractivity contribution in [1.82, 2.24) is 25.5 Å². The largest absolute Gasteiger partial charge is 0.347 e. The standard InChI is InChI=1S/C16H14ClN5OS/c1-24-16-19-9-12(17)14(21-16)15(23)18-8-10-2-4-11(5-3-10)13-6-7-20-22-13/h2-7,9H,8H2,1H3,(H,18,23)(H,20,22). The van der Waals surface area contributed by atoms with Crippen LogP contribution in [0.3, 0.4) is 0 Å². The second-order valence-electron chi connectivity index (χ2n) is 4.90. The summed E-state index contributed by atoms with van der Waals surface area (Å²) in [4.78, 5) is 20.4. The van der Waals surface area contributed by atoms with Gasteiger partial charge in [-0.15, -0.1) is 0 Å². The van der Waals surface area contributed by atoms with Crippen molar-refractivity contribution in [2.75, 3.05) is 6.26 Å². The van der Waals surface area contributed by atoms with Gasteiger partial charge in [0, 0.05) is 12.7 Å².